The number of halogens is 2. The quantitative estimate of drug-likeness (QED) is 0.361. The van der Waals surface area contributed by atoms with Crippen LogP contribution in [0.4, 0.5) is 0 Å². The number of hydrogen-bond donors (Lipinski definition) is 2. The molecule has 6 heteroatoms. The summed E-state index contributed by atoms with van der Waals surface area (Å²) < 4.78 is 2.10. The molecule has 0 bridgehead atoms. The van der Waals surface area contributed by atoms with Crippen molar-refractivity contribution in [2.24, 2.45) is 21.7 Å². The Balaban J connectivity index is 2.87. The summed E-state index contributed by atoms with van der Waals surface area (Å²) in [5.41, 5.74) is 11.2. The van der Waals surface area contributed by atoms with Gasteiger partial charge >= 0.3 is 0 Å². The third kappa shape index (κ3) is 3.62. The minimum absolute atomic E-state index is 0.0529. The average molecular weight is 367 g/mol. The smallest absolute Gasteiger partial charge is 0.211 e. The summed E-state index contributed by atoms with van der Waals surface area (Å²) in [5, 5.41) is 7.21. The summed E-state index contributed by atoms with van der Waals surface area (Å²) >= 11 is 5.64. The molecule has 0 aromatic heterocycles. The van der Waals surface area contributed by atoms with Crippen molar-refractivity contribution < 1.29 is 0 Å². The van der Waals surface area contributed by atoms with E-state index in [1.54, 1.807) is 6.21 Å². The normalized spacial score (nSPS) is 10.4. The molecule has 1 aromatic rings. The maximum absolute atomic E-state index is 5.12. The van der Waals surface area contributed by atoms with Gasteiger partial charge in [-0.1, -0.05) is 22.0 Å². The van der Waals surface area contributed by atoms with Crippen LogP contribution >= 0.6 is 38.5 Å². The van der Waals surface area contributed by atoms with Crippen molar-refractivity contribution >= 4 is 50.7 Å². The summed E-state index contributed by atoms with van der Waals surface area (Å²) in [6.45, 7) is 0. The Morgan fingerprint density at radius 2 is 2.14 bits per heavy atom. The van der Waals surface area contributed by atoms with E-state index in [2.05, 4.69) is 48.7 Å². The molecule has 0 saturated carbocycles. The molecule has 0 heterocycles. The highest BCUT2D eigenvalue weighted by Crippen LogP contribution is 2.18. The van der Waals surface area contributed by atoms with Gasteiger partial charge in [-0.05, 0) is 34.7 Å². The van der Waals surface area contributed by atoms with Crippen molar-refractivity contribution in [3.63, 3.8) is 0 Å². The van der Waals surface area contributed by atoms with E-state index in [0.717, 1.165) is 13.6 Å². The molecule has 74 valence electrons. The molecule has 0 aliphatic heterocycles. The van der Waals surface area contributed by atoms with Gasteiger partial charge in [-0.2, -0.15) is 5.10 Å². The first-order valence-electron chi connectivity index (χ1n) is 3.66. The predicted molar refractivity (Wildman–Crippen MR) is 70.3 cm³/mol. The average Bonchev–Trinajstić information content (AvgIpc) is 2.08. The molecule has 14 heavy (non-hydrogen) atoms. The van der Waals surface area contributed by atoms with Crippen LogP contribution in [0.3, 0.4) is 0 Å². The van der Waals surface area contributed by atoms with Gasteiger partial charge in [-0.3, -0.25) is 0 Å². The second-order valence-corrected chi connectivity index (χ2v) is 4.54. The molecule has 0 atom stereocenters. The third-order valence-electron chi connectivity index (χ3n) is 1.33. The van der Waals surface area contributed by atoms with Gasteiger partial charge < -0.3 is 11.5 Å². The number of rotatable bonds is 2. The van der Waals surface area contributed by atoms with E-state index in [-0.39, 0.29) is 5.96 Å². The van der Waals surface area contributed by atoms with Crippen LogP contribution in [0.25, 0.3) is 0 Å². The van der Waals surface area contributed by atoms with Gasteiger partial charge in [0.25, 0.3) is 0 Å². The highest BCUT2D eigenvalue weighted by atomic mass is 127. The van der Waals surface area contributed by atoms with Crippen LogP contribution in [-0.4, -0.2) is 12.2 Å². The minimum Gasteiger partial charge on any atom is -0.369 e. The fraction of sp³-hybridized carbons (Fsp3) is 0. The van der Waals surface area contributed by atoms with Crippen molar-refractivity contribution in [2.45, 2.75) is 0 Å². The molecule has 0 radical (unpaired) electrons. The molecule has 1 aromatic carbocycles. The van der Waals surface area contributed by atoms with E-state index in [1.807, 2.05) is 18.2 Å². The van der Waals surface area contributed by atoms with Gasteiger partial charge in [-0.15, -0.1) is 5.10 Å². The summed E-state index contributed by atoms with van der Waals surface area (Å²) in [5.74, 6) is -0.0529. The Labute approximate surface area is 104 Å². The SMILES string of the molecule is NC(N)=N/N=C/c1ccc(I)cc1Br. The van der Waals surface area contributed by atoms with Crippen molar-refractivity contribution in [1.29, 1.82) is 0 Å². The summed E-state index contributed by atoms with van der Waals surface area (Å²) in [6.07, 6.45) is 1.58. The van der Waals surface area contributed by atoms with E-state index >= 15 is 0 Å². The zero-order valence-corrected chi connectivity index (χ0v) is 10.9. The van der Waals surface area contributed by atoms with Gasteiger partial charge in [0.15, 0.2) is 0 Å². The van der Waals surface area contributed by atoms with E-state index < -0.39 is 0 Å². The zero-order valence-electron chi connectivity index (χ0n) is 7.11. The Hall–Kier alpha value is -0.630. The number of hydrogen-bond acceptors (Lipinski definition) is 2. The van der Waals surface area contributed by atoms with Gasteiger partial charge in [-0.25, -0.2) is 0 Å². The molecule has 0 aliphatic rings. The van der Waals surface area contributed by atoms with E-state index in [1.165, 1.54) is 0 Å². The van der Waals surface area contributed by atoms with Crippen LogP contribution < -0.4 is 11.5 Å². The first-order chi connectivity index (χ1) is 6.59. The molecule has 4 N–H and O–H groups in total. The van der Waals surface area contributed by atoms with Gasteiger partial charge in [0.05, 0.1) is 6.21 Å². The van der Waals surface area contributed by atoms with E-state index in [0.29, 0.717) is 0 Å². The first kappa shape index (κ1) is 11.4. The highest BCUT2D eigenvalue weighted by molar-refractivity contribution is 14.1. The highest BCUT2D eigenvalue weighted by Gasteiger charge is 1.96. The fourth-order valence-electron chi connectivity index (χ4n) is 0.764. The number of guanidine groups is 1. The Kier molecular flexibility index (Phi) is 4.33. The topological polar surface area (TPSA) is 76.8 Å². The summed E-state index contributed by atoms with van der Waals surface area (Å²) in [7, 11) is 0. The third-order valence-corrected chi connectivity index (χ3v) is 2.69. The lowest BCUT2D eigenvalue weighted by Crippen LogP contribution is -2.21. The van der Waals surface area contributed by atoms with Gasteiger partial charge in [0.2, 0.25) is 5.96 Å². The predicted octanol–water partition coefficient (Wildman–Crippen LogP) is 1.66. The number of nitrogens with zero attached hydrogens (tertiary/aromatic N) is 2. The van der Waals surface area contributed by atoms with Crippen LogP contribution in [0.1, 0.15) is 5.56 Å². The minimum atomic E-state index is -0.0529. The van der Waals surface area contributed by atoms with Gasteiger partial charge in [0, 0.05) is 13.6 Å². The molecule has 0 saturated heterocycles. The molecule has 0 fully saturated rings. The number of nitrogens with two attached hydrogens (primary N) is 2. The number of benzene rings is 1. The first-order valence-corrected chi connectivity index (χ1v) is 5.54. The van der Waals surface area contributed by atoms with Crippen molar-refractivity contribution in [3.05, 3.63) is 31.8 Å². The molecule has 4 nitrogen and oxygen atoms in total. The van der Waals surface area contributed by atoms with Crippen molar-refractivity contribution in [3.8, 4) is 0 Å². The lowest BCUT2D eigenvalue weighted by atomic mass is 10.2. The largest absolute Gasteiger partial charge is 0.369 e. The Morgan fingerprint density at radius 3 is 2.71 bits per heavy atom. The Bertz CT molecular complexity index is 385. The maximum Gasteiger partial charge on any atom is 0.211 e. The molecule has 0 unspecified atom stereocenters. The van der Waals surface area contributed by atoms with Gasteiger partial charge in [0.1, 0.15) is 0 Å². The standard InChI is InChI=1S/C8H8BrIN4/c9-7-3-6(10)2-1-5(7)4-13-14-8(11)12/h1-4H,(H4,11,12,14)/b13-4+. The monoisotopic (exact) mass is 366 g/mol. The van der Waals surface area contributed by atoms with Crippen LogP contribution in [0.5, 0.6) is 0 Å². The van der Waals surface area contributed by atoms with Crippen molar-refractivity contribution in [2.75, 3.05) is 0 Å². The molecular formula is C8H8BrIN4. The van der Waals surface area contributed by atoms with Crippen LogP contribution in [-0.2, 0) is 0 Å². The van der Waals surface area contributed by atoms with E-state index in [4.69, 9.17) is 11.5 Å². The summed E-state index contributed by atoms with van der Waals surface area (Å²) in [6, 6.07) is 5.89. The van der Waals surface area contributed by atoms with Crippen LogP contribution in [0, 0.1) is 3.57 Å². The second kappa shape index (κ2) is 5.30. The summed E-state index contributed by atoms with van der Waals surface area (Å²) in [4.78, 5) is 0. The van der Waals surface area contributed by atoms with Crippen molar-refractivity contribution in [1.82, 2.24) is 0 Å². The molecule has 1 rings (SSSR count). The lowest BCUT2D eigenvalue weighted by Gasteiger charge is -1.97. The maximum atomic E-state index is 5.12. The van der Waals surface area contributed by atoms with Crippen LogP contribution in [0.2, 0.25) is 0 Å². The molecule has 0 spiro atoms. The second-order valence-electron chi connectivity index (χ2n) is 2.44. The molecule has 0 amide bonds. The zero-order chi connectivity index (χ0) is 10.6. The fourth-order valence-corrected chi connectivity index (χ4v) is 2.16. The molecule has 0 aliphatic carbocycles. The lowest BCUT2D eigenvalue weighted by molar-refractivity contribution is 1.21. The molecular weight excluding hydrogens is 359 g/mol. The van der Waals surface area contributed by atoms with Crippen LogP contribution in [0.15, 0.2) is 32.9 Å². The van der Waals surface area contributed by atoms with E-state index in [9.17, 15) is 0 Å². The Morgan fingerprint density at radius 1 is 1.43 bits per heavy atom.